The molecular formula is C28H27FN4O2S2. The van der Waals surface area contributed by atoms with Crippen molar-refractivity contribution < 1.29 is 14.0 Å². The molecule has 0 fully saturated rings. The number of halogens is 1. The third-order valence-electron chi connectivity index (χ3n) is 6.17. The smallest absolute Gasteiger partial charge is 0.240 e. The van der Waals surface area contributed by atoms with Crippen LogP contribution in [0.1, 0.15) is 35.3 Å². The van der Waals surface area contributed by atoms with E-state index in [2.05, 4.69) is 5.32 Å². The first-order valence-corrected chi connectivity index (χ1v) is 14.1. The number of carbonyl (C=O) groups excluding carboxylic acids is 2. The Morgan fingerprint density at radius 1 is 1.14 bits per heavy atom. The van der Waals surface area contributed by atoms with Crippen LogP contribution >= 0.6 is 23.1 Å². The molecule has 0 saturated carbocycles. The molecule has 0 aliphatic carbocycles. The first kappa shape index (κ1) is 25.2. The van der Waals surface area contributed by atoms with Gasteiger partial charge in [0, 0.05) is 12.1 Å². The zero-order chi connectivity index (χ0) is 25.9. The minimum atomic E-state index is -0.318. The second kappa shape index (κ2) is 10.9. The molecule has 4 aromatic rings. The predicted octanol–water partition coefficient (Wildman–Crippen LogP) is 5.74. The summed E-state index contributed by atoms with van der Waals surface area (Å²) in [5.74, 6) is 0.0365. The van der Waals surface area contributed by atoms with Gasteiger partial charge in [-0.3, -0.25) is 14.5 Å². The molecule has 9 heteroatoms. The number of carbonyl (C=O) groups is 2. The third-order valence-corrected chi connectivity index (χ3v) is 8.30. The van der Waals surface area contributed by atoms with E-state index >= 15 is 0 Å². The normalized spacial score (nSPS) is 15.4. The summed E-state index contributed by atoms with van der Waals surface area (Å²) in [4.78, 5) is 29.0. The van der Waals surface area contributed by atoms with Crippen molar-refractivity contribution in [2.75, 3.05) is 23.7 Å². The van der Waals surface area contributed by atoms with Gasteiger partial charge in [-0.05, 0) is 54.6 Å². The zero-order valence-corrected chi connectivity index (χ0v) is 22.2. The van der Waals surface area contributed by atoms with E-state index in [1.54, 1.807) is 33.1 Å². The number of anilines is 1. The molecule has 1 N–H and O–H groups in total. The Kier molecular flexibility index (Phi) is 7.43. The van der Waals surface area contributed by atoms with E-state index in [0.29, 0.717) is 12.4 Å². The molecule has 37 heavy (non-hydrogen) atoms. The van der Waals surface area contributed by atoms with Crippen LogP contribution in [0.2, 0.25) is 0 Å². The van der Waals surface area contributed by atoms with Gasteiger partial charge in [0.2, 0.25) is 11.8 Å². The number of fused-ring (bicyclic) bond motifs is 1. The molecule has 5 rings (SSSR count). The van der Waals surface area contributed by atoms with Crippen LogP contribution in [-0.4, -0.2) is 40.4 Å². The van der Waals surface area contributed by atoms with Crippen LogP contribution in [0.3, 0.4) is 0 Å². The molecule has 2 amide bonds. The van der Waals surface area contributed by atoms with E-state index in [1.165, 1.54) is 23.9 Å². The Labute approximate surface area is 223 Å². The Morgan fingerprint density at radius 2 is 1.89 bits per heavy atom. The van der Waals surface area contributed by atoms with Crippen LogP contribution in [0.15, 0.2) is 66.0 Å². The fraction of sp³-hybridized carbons (Fsp3) is 0.250. The average Bonchev–Trinajstić information content (AvgIpc) is 3.53. The summed E-state index contributed by atoms with van der Waals surface area (Å²) < 4.78 is 15.6. The number of hydrogen-bond donors (Lipinski definition) is 1. The molecule has 2 aromatic carbocycles. The highest BCUT2D eigenvalue weighted by Crippen LogP contribution is 2.49. The van der Waals surface area contributed by atoms with E-state index in [4.69, 9.17) is 5.10 Å². The number of nitrogens with zero attached hydrogens (tertiary/aromatic N) is 3. The molecule has 0 unspecified atom stereocenters. The molecular weight excluding hydrogens is 507 g/mol. The van der Waals surface area contributed by atoms with E-state index in [0.717, 1.165) is 39.4 Å². The first-order chi connectivity index (χ1) is 18.0. The molecule has 190 valence electrons. The standard InChI is InChI=1S/C28H27FN4O2S2/c1-3-14-30-23(34)16-32-24(35)17-37-27(19-8-10-20(29)11-9-19)25-26(22-5-4-15-36-22)31-33(28(25)32)21-12-6-18(2)7-13-21/h4-13,15,27H,3,14,16-17H2,1-2H3,(H,30,34)/t27-/m1/s1. The van der Waals surface area contributed by atoms with Crippen molar-refractivity contribution in [2.24, 2.45) is 0 Å². The summed E-state index contributed by atoms with van der Waals surface area (Å²) in [6, 6.07) is 18.3. The number of aromatic nitrogens is 2. The molecule has 1 aliphatic heterocycles. The molecule has 0 saturated heterocycles. The van der Waals surface area contributed by atoms with Gasteiger partial charge in [-0.25, -0.2) is 9.07 Å². The Balaban J connectivity index is 1.76. The molecule has 2 aromatic heterocycles. The van der Waals surface area contributed by atoms with Crippen molar-refractivity contribution in [2.45, 2.75) is 25.5 Å². The van der Waals surface area contributed by atoms with Crippen molar-refractivity contribution in [3.8, 4) is 16.3 Å². The highest BCUT2D eigenvalue weighted by Gasteiger charge is 2.37. The topological polar surface area (TPSA) is 67.2 Å². The van der Waals surface area contributed by atoms with Gasteiger partial charge in [0.05, 0.1) is 21.6 Å². The van der Waals surface area contributed by atoms with Crippen molar-refractivity contribution in [1.82, 2.24) is 15.1 Å². The van der Waals surface area contributed by atoms with Crippen LogP contribution in [0.5, 0.6) is 0 Å². The first-order valence-electron chi connectivity index (χ1n) is 12.1. The number of amides is 2. The van der Waals surface area contributed by atoms with E-state index in [9.17, 15) is 14.0 Å². The summed E-state index contributed by atoms with van der Waals surface area (Å²) in [5.41, 5.74) is 4.36. The SMILES string of the molecule is CCCNC(=O)CN1C(=O)CS[C@H](c2ccc(F)cc2)c2c(-c3cccs3)nn(-c3ccc(C)cc3)c21. The maximum absolute atomic E-state index is 13.8. The van der Waals surface area contributed by atoms with Crippen LogP contribution < -0.4 is 10.2 Å². The minimum absolute atomic E-state index is 0.107. The summed E-state index contributed by atoms with van der Waals surface area (Å²) >= 11 is 3.04. The maximum Gasteiger partial charge on any atom is 0.240 e. The lowest BCUT2D eigenvalue weighted by Gasteiger charge is -2.23. The summed E-state index contributed by atoms with van der Waals surface area (Å²) in [6.45, 7) is 4.43. The number of nitrogens with one attached hydrogen (secondary N) is 1. The van der Waals surface area contributed by atoms with E-state index in [1.807, 2.05) is 55.6 Å². The second-order valence-electron chi connectivity index (χ2n) is 8.88. The molecule has 0 radical (unpaired) electrons. The molecule has 0 spiro atoms. The van der Waals surface area contributed by atoms with Crippen molar-refractivity contribution >= 4 is 40.7 Å². The highest BCUT2D eigenvalue weighted by molar-refractivity contribution is 8.00. The summed E-state index contributed by atoms with van der Waals surface area (Å²) in [7, 11) is 0. The highest BCUT2D eigenvalue weighted by atomic mass is 32.2. The maximum atomic E-state index is 13.8. The average molecular weight is 535 g/mol. The van der Waals surface area contributed by atoms with Gasteiger partial charge in [0.25, 0.3) is 0 Å². The van der Waals surface area contributed by atoms with Crippen LogP contribution in [-0.2, 0) is 9.59 Å². The van der Waals surface area contributed by atoms with Gasteiger partial charge in [-0.1, -0.05) is 42.8 Å². The van der Waals surface area contributed by atoms with Gasteiger partial charge in [-0.15, -0.1) is 23.1 Å². The Morgan fingerprint density at radius 3 is 2.57 bits per heavy atom. The van der Waals surface area contributed by atoms with Gasteiger partial charge in [-0.2, -0.15) is 5.10 Å². The van der Waals surface area contributed by atoms with Crippen molar-refractivity contribution in [3.63, 3.8) is 0 Å². The molecule has 3 heterocycles. The van der Waals surface area contributed by atoms with Gasteiger partial charge in [0.1, 0.15) is 23.9 Å². The lowest BCUT2D eigenvalue weighted by molar-refractivity contribution is -0.122. The van der Waals surface area contributed by atoms with Crippen LogP contribution in [0, 0.1) is 12.7 Å². The molecule has 1 aliphatic rings. The summed E-state index contributed by atoms with van der Waals surface area (Å²) in [5, 5.41) is 9.64. The largest absolute Gasteiger partial charge is 0.355 e. The van der Waals surface area contributed by atoms with Crippen molar-refractivity contribution in [3.05, 3.63) is 88.6 Å². The minimum Gasteiger partial charge on any atom is -0.355 e. The monoisotopic (exact) mass is 534 g/mol. The van der Waals surface area contributed by atoms with E-state index in [-0.39, 0.29) is 35.2 Å². The quantitative estimate of drug-likeness (QED) is 0.328. The second-order valence-corrected chi connectivity index (χ2v) is 10.9. The van der Waals surface area contributed by atoms with E-state index < -0.39 is 0 Å². The molecule has 1 atom stereocenters. The van der Waals surface area contributed by atoms with Gasteiger partial charge < -0.3 is 5.32 Å². The third kappa shape index (κ3) is 5.19. The molecule has 0 bridgehead atoms. The fourth-order valence-electron chi connectivity index (χ4n) is 4.35. The van der Waals surface area contributed by atoms with Gasteiger partial charge in [0.15, 0.2) is 0 Å². The Hall–Kier alpha value is -3.43. The summed E-state index contributed by atoms with van der Waals surface area (Å²) in [6.07, 6.45) is 0.803. The number of rotatable bonds is 7. The fourth-order valence-corrected chi connectivity index (χ4v) is 6.27. The Bertz CT molecular complexity index is 1400. The number of benzene rings is 2. The molecule has 6 nitrogen and oxygen atoms in total. The zero-order valence-electron chi connectivity index (χ0n) is 20.6. The number of thioether (sulfide) groups is 1. The lowest BCUT2D eigenvalue weighted by atomic mass is 10.0. The number of thiophene rings is 1. The number of hydrogen-bond acceptors (Lipinski definition) is 5. The van der Waals surface area contributed by atoms with Crippen molar-refractivity contribution in [1.29, 1.82) is 0 Å². The van der Waals surface area contributed by atoms with Gasteiger partial charge >= 0.3 is 0 Å². The van der Waals surface area contributed by atoms with Crippen LogP contribution in [0.4, 0.5) is 10.2 Å². The van der Waals surface area contributed by atoms with Crippen LogP contribution in [0.25, 0.3) is 16.3 Å². The predicted molar refractivity (Wildman–Crippen MR) is 148 cm³/mol. The lowest BCUT2D eigenvalue weighted by Crippen LogP contribution is -2.42. The number of aryl methyl sites for hydroxylation is 1.